The smallest absolute Gasteiger partial charge is 0.305 e. The van der Waals surface area contributed by atoms with Gasteiger partial charge in [0.2, 0.25) is 10.0 Å². The number of aliphatic carboxylic acids is 1. The Bertz CT molecular complexity index is 755. The highest BCUT2D eigenvalue weighted by atomic mass is 32.2. The van der Waals surface area contributed by atoms with Crippen LogP contribution in [-0.2, 0) is 14.8 Å². The molecule has 1 heterocycles. The molecule has 1 aromatic heterocycles. The Morgan fingerprint density at radius 2 is 1.86 bits per heavy atom. The summed E-state index contributed by atoms with van der Waals surface area (Å²) < 4.78 is 53.7. The van der Waals surface area contributed by atoms with Crippen molar-refractivity contribution in [2.24, 2.45) is 0 Å². The van der Waals surface area contributed by atoms with Crippen LogP contribution >= 0.6 is 11.3 Å². The molecule has 9 heteroatoms. The van der Waals surface area contributed by atoms with E-state index in [1.807, 2.05) is 4.72 Å². The molecule has 1 aromatic carbocycles. The largest absolute Gasteiger partial charge is 0.481 e. The molecule has 118 valence electrons. The van der Waals surface area contributed by atoms with E-state index in [0.717, 1.165) is 29.5 Å². The highest BCUT2D eigenvalue weighted by molar-refractivity contribution is 7.89. The third-order valence-corrected chi connectivity index (χ3v) is 5.26. The third kappa shape index (κ3) is 3.67. The summed E-state index contributed by atoms with van der Waals surface area (Å²) in [6.07, 6.45) is -0.546. The number of thiophene rings is 1. The molecular formula is C13H11F2NO4S2. The minimum Gasteiger partial charge on any atom is -0.481 e. The van der Waals surface area contributed by atoms with Crippen molar-refractivity contribution in [1.82, 2.24) is 4.72 Å². The maximum Gasteiger partial charge on any atom is 0.305 e. The van der Waals surface area contributed by atoms with Crippen LogP contribution in [0, 0.1) is 11.6 Å². The minimum atomic E-state index is -4.55. The van der Waals surface area contributed by atoms with Crippen LogP contribution < -0.4 is 4.72 Å². The van der Waals surface area contributed by atoms with Crippen molar-refractivity contribution >= 4 is 27.3 Å². The molecule has 0 saturated heterocycles. The first kappa shape index (κ1) is 16.5. The van der Waals surface area contributed by atoms with Crippen molar-refractivity contribution in [2.45, 2.75) is 17.4 Å². The van der Waals surface area contributed by atoms with E-state index in [1.165, 1.54) is 0 Å². The monoisotopic (exact) mass is 347 g/mol. The normalized spacial score (nSPS) is 13.0. The van der Waals surface area contributed by atoms with Gasteiger partial charge in [-0.05, 0) is 23.6 Å². The number of carboxylic acids is 1. The van der Waals surface area contributed by atoms with Crippen LogP contribution in [0.4, 0.5) is 8.78 Å². The SMILES string of the molecule is O=C(O)CC(NS(=O)(=O)c1c(F)cccc1F)c1cccs1. The van der Waals surface area contributed by atoms with Crippen LogP contribution in [0.3, 0.4) is 0 Å². The van der Waals surface area contributed by atoms with Crippen LogP contribution in [0.2, 0.25) is 0 Å². The van der Waals surface area contributed by atoms with Gasteiger partial charge in [0.25, 0.3) is 0 Å². The first-order valence-electron chi connectivity index (χ1n) is 6.03. The van der Waals surface area contributed by atoms with Crippen LogP contribution in [0.25, 0.3) is 0 Å². The van der Waals surface area contributed by atoms with Crippen molar-refractivity contribution in [3.05, 3.63) is 52.2 Å². The highest BCUT2D eigenvalue weighted by Crippen LogP contribution is 2.26. The zero-order valence-corrected chi connectivity index (χ0v) is 12.6. The van der Waals surface area contributed by atoms with Gasteiger partial charge in [-0.15, -0.1) is 11.3 Å². The van der Waals surface area contributed by atoms with Gasteiger partial charge >= 0.3 is 5.97 Å². The summed E-state index contributed by atoms with van der Waals surface area (Å²) in [5.74, 6) is -3.73. The minimum absolute atomic E-state index is 0.433. The number of carbonyl (C=O) groups is 1. The molecule has 5 nitrogen and oxygen atoms in total. The number of hydrogen-bond donors (Lipinski definition) is 2. The molecule has 0 bridgehead atoms. The lowest BCUT2D eigenvalue weighted by molar-refractivity contribution is -0.137. The van der Waals surface area contributed by atoms with Crippen LogP contribution in [0.1, 0.15) is 17.3 Å². The average molecular weight is 347 g/mol. The van der Waals surface area contributed by atoms with E-state index >= 15 is 0 Å². The molecule has 1 unspecified atom stereocenters. The molecule has 0 saturated carbocycles. The Hall–Kier alpha value is -1.84. The van der Waals surface area contributed by atoms with Gasteiger partial charge in [0.15, 0.2) is 4.90 Å². The molecule has 0 aliphatic rings. The maximum atomic E-state index is 13.6. The van der Waals surface area contributed by atoms with Gasteiger partial charge in [-0.25, -0.2) is 21.9 Å². The second kappa shape index (κ2) is 6.51. The lowest BCUT2D eigenvalue weighted by Gasteiger charge is -2.16. The first-order valence-corrected chi connectivity index (χ1v) is 8.39. The Kier molecular flexibility index (Phi) is 4.89. The number of halogens is 2. The number of carboxylic acid groups (broad SMARTS) is 1. The van der Waals surface area contributed by atoms with E-state index in [0.29, 0.717) is 4.88 Å². The van der Waals surface area contributed by atoms with Gasteiger partial charge < -0.3 is 5.11 Å². The fourth-order valence-electron chi connectivity index (χ4n) is 1.85. The third-order valence-electron chi connectivity index (χ3n) is 2.75. The van der Waals surface area contributed by atoms with E-state index in [-0.39, 0.29) is 0 Å². The van der Waals surface area contributed by atoms with Gasteiger partial charge in [0.1, 0.15) is 11.6 Å². The quantitative estimate of drug-likeness (QED) is 0.841. The van der Waals surface area contributed by atoms with E-state index in [1.54, 1.807) is 17.5 Å². The molecular weight excluding hydrogens is 336 g/mol. The maximum absolute atomic E-state index is 13.6. The molecule has 0 aliphatic heterocycles. The Labute approximate surface area is 129 Å². The topological polar surface area (TPSA) is 83.5 Å². The molecule has 0 amide bonds. The van der Waals surface area contributed by atoms with Crippen LogP contribution in [0.5, 0.6) is 0 Å². The highest BCUT2D eigenvalue weighted by Gasteiger charge is 2.29. The standard InChI is InChI=1S/C13H11F2NO4S2/c14-8-3-1-4-9(15)13(8)22(19,20)16-10(7-12(17)18)11-5-2-6-21-11/h1-6,10,16H,7H2,(H,17,18). The summed E-state index contributed by atoms with van der Waals surface area (Å²) in [7, 11) is -4.55. The number of benzene rings is 1. The second-order valence-corrected chi connectivity index (χ2v) is 6.97. The van der Waals surface area contributed by atoms with Gasteiger partial charge in [0, 0.05) is 4.88 Å². The van der Waals surface area contributed by atoms with Crippen molar-refractivity contribution in [2.75, 3.05) is 0 Å². The van der Waals surface area contributed by atoms with Crippen molar-refractivity contribution in [1.29, 1.82) is 0 Å². The second-order valence-electron chi connectivity index (χ2n) is 4.34. The molecule has 0 radical (unpaired) electrons. The fourth-order valence-corrected chi connectivity index (χ4v) is 4.05. The van der Waals surface area contributed by atoms with E-state index < -0.39 is 45.0 Å². The predicted molar refractivity (Wildman–Crippen MR) is 76.0 cm³/mol. The van der Waals surface area contributed by atoms with E-state index in [2.05, 4.69) is 0 Å². The van der Waals surface area contributed by atoms with Gasteiger partial charge in [0.05, 0.1) is 12.5 Å². The summed E-state index contributed by atoms with van der Waals surface area (Å²) in [6.45, 7) is 0. The average Bonchev–Trinajstić information content (AvgIpc) is 2.90. The van der Waals surface area contributed by atoms with Gasteiger partial charge in [-0.1, -0.05) is 12.1 Å². The number of hydrogen-bond acceptors (Lipinski definition) is 4. The molecule has 2 aromatic rings. The zero-order valence-electron chi connectivity index (χ0n) is 11.0. The molecule has 0 fully saturated rings. The number of nitrogens with one attached hydrogen (secondary N) is 1. The Morgan fingerprint density at radius 1 is 1.23 bits per heavy atom. The van der Waals surface area contributed by atoms with Crippen LogP contribution in [-0.4, -0.2) is 19.5 Å². The fraction of sp³-hybridized carbons (Fsp3) is 0.154. The molecule has 0 aliphatic carbocycles. The summed E-state index contributed by atoms with van der Waals surface area (Å²) in [5.41, 5.74) is 0. The first-order chi connectivity index (χ1) is 10.3. The summed E-state index contributed by atoms with van der Waals surface area (Å²) in [4.78, 5) is 10.2. The summed E-state index contributed by atoms with van der Waals surface area (Å²) >= 11 is 1.14. The zero-order chi connectivity index (χ0) is 16.3. The number of rotatable bonds is 6. The summed E-state index contributed by atoms with van der Waals surface area (Å²) in [5, 5.41) is 10.5. The predicted octanol–water partition coefficient (Wildman–Crippen LogP) is 2.52. The molecule has 0 spiro atoms. The van der Waals surface area contributed by atoms with Gasteiger partial charge in [-0.3, -0.25) is 4.79 Å². The lowest BCUT2D eigenvalue weighted by atomic mass is 10.2. The summed E-state index contributed by atoms with van der Waals surface area (Å²) in [6, 6.07) is 4.72. The molecule has 2 N–H and O–H groups in total. The Balaban J connectivity index is 2.38. The van der Waals surface area contributed by atoms with Crippen molar-refractivity contribution in [3.8, 4) is 0 Å². The van der Waals surface area contributed by atoms with Gasteiger partial charge in [-0.2, -0.15) is 0 Å². The van der Waals surface area contributed by atoms with E-state index in [9.17, 15) is 22.0 Å². The van der Waals surface area contributed by atoms with Crippen LogP contribution in [0.15, 0.2) is 40.6 Å². The van der Waals surface area contributed by atoms with E-state index in [4.69, 9.17) is 5.11 Å². The molecule has 2 rings (SSSR count). The lowest BCUT2D eigenvalue weighted by Crippen LogP contribution is -2.31. The Morgan fingerprint density at radius 3 is 2.36 bits per heavy atom. The molecule has 1 atom stereocenters. The molecule has 22 heavy (non-hydrogen) atoms. The van der Waals surface area contributed by atoms with Crippen molar-refractivity contribution in [3.63, 3.8) is 0 Å². The number of sulfonamides is 1. The van der Waals surface area contributed by atoms with Crippen molar-refractivity contribution < 1.29 is 27.1 Å².